The van der Waals surface area contributed by atoms with Crippen molar-refractivity contribution in [2.75, 3.05) is 0 Å². The van der Waals surface area contributed by atoms with Crippen molar-refractivity contribution in [1.29, 1.82) is 0 Å². The minimum absolute atomic E-state index is 0.0502. The van der Waals surface area contributed by atoms with Crippen LogP contribution in [0, 0.1) is 11.6 Å². The van der Waals surface area contributed by atoms with Gasteiger partial charge in [0.2, 0.25) is 0 Å². The molecule has 2 aromatic rings. The van der Waals surface area contributed by atoms with E-state index in [0.29, 0.717) is 12.2 Å². The van der Waals surface area contributed by atoms with E-state index in [1.54, 1.807) is 16.9 Å². The van der Waals surface area contributed by atoms with Gasteiger partial charge < -0.3 is 5.11 Å². The fourth-order valence-electron chi connectivity index (χ4n) is 1.86. The first-order chi connectivity index (χ1) is 8.63. The number of aliphatic hydroxyl groups is 1. The Morgan fingerprint density at radius 3 is 2.78 bits per heavy atom. The minimum atomic E-state index is -1.14. The molecular weight excluding hydrogens is 238 g/mol. The molecule has 0 radical (unpaired) electrons. The maximum absolute atomic E-state index is 13.6. The Morgan fingerprint density at radius 1 is 1.33 bits per heavy atom. The maximum atomic E-state index is 13.6. The predicted octanol–water partition coefficient (Wildman–Crippen LogP) is 2.65. The van der Waals surface area contributed by atoms with E-state index >= 15 is 0 Å². The van der Waals surface area contributed by atoms with Gasteiger partial charge in [0.1, 0.15) is 17.7 Å². The lowest BCUT2D eigenvalue weighted by atomic mass is 10.1. The first kappa shape index (κ1) is 12.7. The summed E-state index contributed by atoms with van der Waals surface area (Å²) in [5, 5.41) is 14.2. The molecule has 0 bridgehead atoms. The van der Waals surface area contributed by atoms with Gasteiger partial charge >= 0.3 is 0 Å². The van der Waals surface area contributed by atoms with Crippen LogP contribution in [0.15, 0.2) is 30.5 Å². The van der Waals surface area contributed by atoms with Gasteiger partial charge in [0.15, 0.2) is 0 Å². The molecular formula is C13H14F2N2O. The highest BCUT2D eigenvalue weighted by Gasteiger charge is 2.19. The van der Waals surface area contributed by atoms with Crippen LogP contribution in [0.5, 0.6) is 0 Å². The maximum Gasteiger partial charge on any atom is 0.132 e. The fraction of sp³-hybridized carbons (Fsp3) is 0.308. The molecule has 0 aliphatic heterocycles. The molecule has 2 rings (SSSR count). The average molecular weight is 252 g/mol. The number of hydrogen-bond donors (Lipinski definition) is 1. The van der Waals surface area contributed by atoms with Crippen LogP contribution in [-0.2, 0) is 6.54 Å². The van der Waals surface area contributed by atoms with Crippen LogP contribution in [0.25, 0.3) is 0 Å². The normalized spacial score (nSPS) is 12.7. The molecule has 1 heterocycles. The van der Waals surface area contributed by atoms with Gasteiger partial charge in [-0.15, -0.1) is 0 Å². The lowest BCUT2D eigenvalue weighted by Crippen LogP contribution is -2.11. The van der Waals surface area contributed by atoms with Crippen molar-refractivity contribution in [3.8, 4) is 0 Å². The van der Waals surface area contributed by atoms with E-state index in [0.717, 1.165) is 18.6 Å². The number of aryl methyl sites for hydroxylation is 1. The van der Waals surface area contributed by atoms with Crippen molar-refractivity contribution in [2.45, 2.75) is 26.0 Å². The van der Waals surface area contributed by atoms with Crippen LogP contribution in [0.3, 0.4) is 0 Å². The number of aromatic nitrogens is 2. The lowest BCUT2D eigenvalue weighted by molar-refractivity contribution is 0.202. The van der Waals surface area contributed by atoms with E-state index in [1.807, 2.05) is 6.92 Å². The smallest absolute Gasteiger partial charge is 0.132 e. The number of halogens is 2. The Bertz CT molecular complexity index is 540. The summed E-state index contributed by atoms with van der Waals surface area (Å²) in [6, 6.07) is 4.77. The van der Waals surface area contributed by atoms with E-state index in [4.69, 9.17) is 0 Å². The minimum Gasteiger partial charge on any atom is -0.382 e. The molecule has 1 atom stereocenters. The van der Waals surface area contributed by atoms with E-state index in [1.165, 1.54) is 6.07 Å². The molecule has 1 N–H and O–H groups in total. The molecule has 0 fully saturated rings. The van der Waals surface area contributed by atoms with Gasteiger partial charge in [-0.2, -0.15) is 5.10 Å². The molecule has 0 saturated heterocycles. The summed E-state index contributed by atoms with van der Waals surface area (Å²) in [7, 11) is 0. The van der Waals surface area contributed by atoms with E-state index in [-0.39, 0.29) is 5.56 Å². The van der Waals surface area contributed by atoms with Gasteiger partial charge in [-0.05, 0) is 18.6 Å². The SMILES string of the molecule is CCCn1nccc1C(O)c1ccc(F)cc1F. The van der Waals surface area contributed by atoms with Crippen molar-refractivity contribution in [3.05, 3.63) is 53.4 Å². The summed E-state index contributed by atoms with van der Waals surface area (Å²) in [5.41, 5.74) is 0.552. The number of aliphatic hydroxyl groups excluding tert-OH is 1. The van der Waals surface area contributed by atoms with Gasteiger partial charge in [0.05, 0.1) is 5.69 Å². The highest BCUT2D eigenvalue weighted by Crippen LogP contribution is 2.24. The average Bonchev–Trinajstić information content (AvgIpc) is 2.77. The van der Waals surface area contributed by atoms with Gasteiger partial charge in [0, 0.05) is 24.4 Å². The third-order valence-corrected chi connectivity index (χ3v) is 2.72. The highest BCUT2D eigenvalue weighted by molar-refractivity contribution is 5.27. The monoisotopic (exact) mass is 252 g/mol. The van der Waals surface area contributed by atoms with E-state index in [2.05, 4.69) is 5.10 Å². The summed E-state index contributed by atoms with van der Waals surface area (Å²) in [5.74, 6) is -1.42. The number of nitrogens with zero attached hydrogens (tertiary/aromatic N) is 2. The van der Waals surface area contributed by atoms with Crippen molar-refractivity contribution in [3.63, 3.8) is 0 Å². The second-order valence-electron chi connectivity index (χ2n) is 4.05. The Balaban J connectivity index is 2.35. The van der Waals surface area contributed by atoms with Crippen molar-refractivity contribution >= 4 is 0 Å². The van der Waals surface area contributed by atoms with Crippen LogP contribution < -0.4 is 0 Å². The van der Waals surface area contributed by atoms with Gasteiger partial charge in [-0.3, -0.25) is 4.68 Å². The summed E-state index contributed by atoms with van der Waals surface area (Å²) in [4.78, 5) is 0. The molecule has 1 aromatic carbocycles. The first-order valence-corrected chi connectivity index (χ1v) is 5.78. The van der Waals surface area contributed by atoms with Gasteiger partial charge in [0.25, 0.3) is 0 Å². The van der Waals surface area contributed by atoms with Crippen LogP contribution in [0.2, 0.25) is 0 Å². The largest absolute Gasteiger partial charge is 0.382 e. The predicted molar refractivity (Wildman–Crippen MR) is 62.9 cm³/mol. The van der Waals surface area contributed by atoms with E-state index in [9.17, 15) is 13.9 Å². The standard InChI is InChI=1S/C13H14F2N2O/c1-2-7-17-12(5-6-16-17)13(18)10-4-3-9(14)8-11(10)15/h3-6,8,13,18H,2,7H2,1H3. The molecule has 3 nitrogen and oxygen atoms in total. The van der Waals surface area contributed by atoms with Crippen molar-refractivity contribution in [1.82, 2.24) is 9.78 Å². The first-order valence-electron chi connectivity index (χ1n) is 5.78. The van der Waals surface area contributed by atoms with Crippen LogP contribution >= 0.6 is 0 Å². The van der Waals surface area contributed by atoms with E-state index < -0.39 is 17.7 Å². The summed E-state index contributed by atoms with van der Waals surface area (Å²) in [6.07, 6.45) is 1.27. The second-order valence-corrected chi connectivity index (χ2v) is 4.05. The highest BCUT2D eigenvalue weighted by atomic mass is 19.1. The molecule has 1 aromatic heterocycles. The summed E-state index contributed by atoms with van der Waals surface area (Å²) in [6.45, 7) is 2.62. The van der Waals surface area contributed by atoms with Crippen LogP contribution in [0.4, 0.5) is 8.78 Å². The van der Waals surface area contributed by atoms with Gasteiger partial charge in [-0.1, -0.05) is 13.0 Å². The van der Waals surface area contributed by atoms with Crippen LogP contribution in [0.1, 0.15) is 30.7 Å². The molecule has 1 unspecified atom stereocenters. The summed E-state index contributed by atoms with van der Waals surface area (Å²) >= 11 is 0. The number of benzene rings is 1. The Kier molecular flexibility index (Phi) is 3.72. The van der Waals surface area contributed by atoms with Crippen molar-refractivity contribution < 1.29 is 13.9 Å². The Labute approximate surface area is 104 Å². The molecule has 0 amide bonds. The van der Waals surface area contributed by atoms with Gasteiger partial charge in [-0.25, -0.2) is 8.78 Å². The molecule has 5 heteroatoms. The summed E-state index contributed by atoms with van der Waals surface area (Å²) < 4.78 is 28.0. The Hall–Kier alpha value is -1.75. The number of hydrogen-bond acceptors (Lipinski definition) is 2. The molecule has 18 heavy (non-hydrogen) atoms. The fourth-order valence-corrected chi connectivity index (χ4v) is 1.86. The molecule has 0 saturated carbocycles. The molecule has 96 valence electrons. The lowest BCUT2D eigenvalue weighted by Gasteiger charge is -2.14. The second kappa shape index (κ2) is 5.27. The zero-order valence-corrected chi connectivity index (χ0v) is 9.98. The third-order valence-electron chi connectivity index (χ3n) is 2.72. The topological polar surface area (TPSA) is 38.0 Å². The third kappa shape index (κ3) is 2.41. The molecule has 0 aliphatic rings. The quantitative estimate of drug-likeness (QED) is 0.908. The number of rotatable bonds is 4. The van der Waals surface area contributed by atoms with Crippen LogP contribution in [-0.4, -0.2) is 14.9 Å². The zero-order valence-electron chi connectivity index (χ0n) is 9.98. The van der Waals surface area contributed by atoms with Crippen molar-refractivity contribution in [2.24, 2.45) is 0 Å². The molecule has 0 spiro atoms. The Morgan fingerprint density at radius 2 is 2.11 bits per heavy atom. The molecule has 0 aliphatic carbocycles. The zero-order chi connectivity index (χ0) is 13.1.